The fourth-order valence-corrected chi connectivity index (χ4v) is 2.03. The molecule has 0 atom stereocenters. The molecule has 2 rings (SSSR count). The first-order valence-electron chi connectivity index (χ1n) is 6.81. The second-order valence-corrected chi connectivity index (χ2v) is 4.73. The molecule has 0 saturated carbocycles. The van der Waals surface area contributed by atoms with Crippen LogP contribution in [0.25, 0.3) is 0 Å². The van der Waals surface area contributed by atoms with Crippen molar-refractivity contribution >= 4 is 11.6 Å². The van der Waals surface area contributed by atoms with Crippen LogP contribution in [-0.2, 0) is 17.9 Å². The van der Waals surface area contributed by atoms with Crippen molar-refractivity contribution in [3.8, 4) is 5.75 Å². The lowest BCUT2D eigenvalue weighted by Gasteiger charge is -2.21. The maximum absolute atomic E-state index is 12.3. The van der Waals surface area contributed by atoms with Gasteiger partial charge in [-0.25, -0.2) is 0 Å². The predicted octanol–water partition coefficient (Wildman–Crippen LogP) is 1.52. The van der Waals surface area contributed by atoms with E-state index in [1.807, 2.05) is 31.2 Å². The van der Waals surface area contributed by atoms with Crippen LogP contribution in [0.4, 0.5) is 5.69 Å². The zero-order valence-corrected chi connectivity index (χ0v) is 12.3. The first-order chi connectivity index (χ1) is 10.1. The zero-order chi connectivity index (χ0) is 15.2. The molecule has 0 aliphatic heterocycles. The van der Waals surface area contributed by atoms with Gasteiger partial charge in [-0.2, -0.15) is 5.10 Å². The van der Waals surface area contributed by atoms with Crippen molar-refractivity contribution in [1.82, 2.24) is 14.7 Å². The quantitative estimate of drug-likeness (QED) is 0.874. The average Bonchev–Trinajstić information content (AvgIpc) is 2.90. The van der Waals surface area contributed by atoms with E-state index < -0.39 is 0 Å². The number of nitrogen functional groups attached to an aromatic ring is 1. The molecule has 2 aromatic rings. The Labute approximate surface area is 124 Å². The first kappa shape index (κ1) is 14.9. The van der Waals surface area contributed by atoms with Crippen LogP contribution in [0.1, 0.15) is 12.5 Å². The summed E-state index contributed by atoms with van der Waals surface area (Å²) in [5.41, 5.74) is 7.21. The number of ether oxygens (including phenoxy) is 1. The van der Waals surface area contributed by atoms with Crippen molar-refractivity contribution in [2.75, 3.05) is 19.4 Å². The molecule has 0 fully saturated rings. The summed E-state index contributed by atoms with van der Waals surface area (Å²) >= 11 is 0. The van der Waals surface area contributed by atoms with Crippen LogP contribution in [0.15, 0.2) is 36.7 Å². The minimum Gasteiger partial charge on any atom is -0.497 e. The molecule has 1 aromatic heterocycles. The Morgan fingerprint density at radius 2 is 2.10 bits per heavy atom. The highest BCUT2D eigenvalue weighted by Gasteiger charge is 2.13. The zero-order valence-electron chi connectivity index (χ0n) is 12.3. The van der Waals surface area contributed by atoms with Crippen LogP contribution < -0.4 is 10.5 Å². The van der Waals surface area contributed by atoms with Crippen LogP contribution in [0, 0.1) is 0 Å². The second-order valence-electron chi connectivity index (χ2n) is 4.73. The van der Waals surface area contributed by atoms with E-state index in [0.29, 0.717) is 18.8 Å². The van der Waals surface area contributed by atoms with Crippen LogP contribution in [0.5, 0.6) is 5.75 Å². The SMILES string of the molecule is CCN(Cc1ccc(OC)cc1)C(=O)Cn1cc(N)cn1. The van der Waals surface area contributed by atoms with Gasteiger partial charge in [0.1, 0.15) is 12.3 Å². The van der Waals surface area contributed by atoms with Crippen LogP contribution in [0.2, 0.25) is 0 Å². The van der Waals surface area contributed by atoms with Gasteiger partial charge in [0, 0.05) is 19.3 Å². The topological polar surface area (TPSA) is 73.4 Å². The summed E-state index contributed by atoms with van der Waals surface area (Å²) in [6, 6.07) is 7.70. The van der Waals surface area contributed by atoms with E-state index in [0.717, 1.165) is 11.3 Å². The fraction of sp³-hybridized carbons (Fsp3) is 0.333. The average molecular weight is 288 g/mol. The largest absolute Gasteiger partial charge is 0.497 e. The highest BCUT2D eigenvalue weighted by Crippen LogP contribution is 2.13. The number of likely N-dealkylation sites (N-methyl/N-ethyl adjacent to an activating group) is 1. The third-order valence-corrected chi connectivity index (χ3v) is 3.22. The Hall–Kier alpha value is -2.50. The number of anilines is 1. The van der Waals surface area contributed by atoms with Crippen molar-refractivity contribution in [1.29, 1.82) is 0 Å². The minimum atomic E-state index is 0.0106. The molecule has 2 N–H and O–H groups in total. The lowest BCUT2D eigenvalue weighted by Crippen LogP contribution is -2.33. The Kier molecular flexibility index (Phi) is 4.81. The number of benzene rings is 1. The highest BCUT2D eigenvalue weighted by molar-refractivity contribution is 5.76. The number of hydrogen-bond donors (Lipinski definition) is 1. The second kappa shape index (κ2) is 6.78. The molecule has 0 bridgehead atoms. The van der Waals surface area contributed by atoms with Crippen molar-refractivity contribution in [2.45, 2.75) is 20.0 Å². The van der Waals surface area contributed by atoms with Crippen LogP contribution in [-0.4, -0.2) is 34.2 Å². The lowest BCUT2D eigenvalue weighted by atomic mass is 10.2. The molecular formula is C15H20N4O2. The van der Waals surface area contributed by atoms with Gasteiger partial charge in [-0.05, 0) is 24.6 Å². The molecule has 0 spiro atoms. The molecule has 0 aliphatic rings. The molecular weight excluding hydrogens is 268 g/mol. The van der Waals surface area contributed by atoms with E-state index >= 15 is 0 Å². The summed E-state index contributed by atoms with van der Waals surface area (Å²) in [4.78, 5) is 14.1. The molecule has 0 aliphatic carbocycles. The Balaban J connectivity index is 1.99. The number of rotatable bonds is 6. The molecule has 1 aromatic carbocycles. The number of methoxy groups -OCH3 is 1. The summed E-state index contributed by atoms with van der Waals surface area (Å²) < 4.78 is 6.68. The minimum absolute atomic E-state index is 0.0106. The summed E-state index contributed by atoms with van der Waals surface area (Å²) in [5.74, 6) is 0.816. The fourth-order valence-electron chi connectivity index (χ4n) is 2.03. The monoisotopic (exact) mass is 288 g/mol. The van der Waals surface area contributed by atoms with E-state index in [4.69, 9.17) is 10.5 Å². The number of aromatic nitrogens is 2. The standard InChI is InChI=1S/C15H20N4O2/c1-3-18(9-12-4-6-14(21-2)7-5-12)15(20)11-19-10-13(16)8-17-19/h4-8,10H,3,9,11,16H2,1-2H3. The van der Waals surface area contributed by atoms with Gasteiger partial charge in [0.25, 0.3) is 0 Å². The van der Waals surface area contributed by atoms with Gasteiger partial charge < -0.3 is 15.4 Å². The molecule has 1 amide bonds. The van der Waals surface area contributed by atoms with Gasteiger partial charge in [-0.15, -0.1) is 0 Å². The molecule has 1 heterocycles. The lowest BCUT2D eigenvalue weighted by molar-refractivity contribution is -0.132. The number of nitrogens with two attached hydrogens (primary N) is 1. The molecule has 0 radical (unpaired) electrons. The summed E-state index contributed by atoms with van der Waals surface area (Å²) in [6.07, 6.45) is 3.19. The Morgan fingerprint density at radius 3 is 2.62 bits per heavy atom. The van der Waals surface area contributed by atoms with Crippen LogP contribution >= 0.6 is 0 Å². The van der Waals surface area contributed by atoms with E-state index in [1.165, 1.54) is 6.20 Å². The third-order valence-electron chi connectivity index (χ3n) is 3.22. The first-order valence-corrected chi connectivity index (χ1v) is 6.81. The Bertz CT molecular complexity index is 592. The number of hydrogen-bond acceptors (Lipinski definition) is 4. The van der Waals surface area contributed by atoms with Gasteiger partial charge in [-0.3, -0.25) is 9.48 Å². The van der Waals surface area contributed by atoms with Gasteiger partial charge in [0.2, 0.25) is 5.91 Å². The molecule has 0 unspecified atom stereocenters. The number of carbonyl (C=O) groups is 1. The van der Waals surface area contributed by atoms with Crippen molar-refractivity contribution < 1.29 is 9.53 Å². The maximum atomic E-state index is 12.3. The molecule has 6 nitrogen and oxygen atoms in total. The molecule has 6 heteroatoms. The summed E-state index contributed by atoms with van der Waals surface area (Å²) in [5, 5.41) is 4.03. The van der Waals surface area contributed by atoms with Gasteiger partial charge in [0.05, 0.1) is 19.0 Å². The Morgan fingerprint density at radius 1 is 1.38 bits per heavy atom. The van der Waals surface area contributed by atoms with Gasteiger partial charge in [0.15, 0.2) is 0 Å². The molecule has 21 heavy (non-hydrogen) atoms. The highest BCUT2D eigenvalue weighted by atomic mass is 16.5. The predicted molar refractivity (Wildman–Crippen MR) is 80.7 cm³/mol. The van der Waals surface area contributed by atoms with Gasteiger partial charge >= 0.3 is 0 Å². The number of carbonyl (C=O) groups excluding carboxylic acids is 1. The van der Waals surface area contributed by atoms with Crippen molar-refractivity contribution in [2.24, 2.45) is 0 Å². The molecule has 0 saturated heterocycles. The number of amides is 1. The maximum Gasteiger partial charge on any atom is 0.244 e. The van der Waals surface area contributed by atoms with Crippen molar-refractivity contribution in [3.05, 3.63) is 42.2 Å². The van der Waals surface area contributed by atoms with E-state index in [2.05, 4.69) is 5.10 Å². The van der Waals surface area contributed by atoms with E-state index in [-0.39, 0.29) is 12.5 Å². The smallest absolute Gasteiger partial charge is 0.244 e. The third kappa shape index (κ3) is 3.98. The molecule has 112 valence electrons. The summed E-state index contributed by atoms with van der Waals surface area (Å²) in [6.45, 7) is 3.36. The number of nitrogens with zero attached hydrogens (tertiary/aromatic N) is 3. The van der Waals surface area contributed by atoms with Crippen molar-refractivity contribution in [3.63, 3.8) is 0 Å². The van der Waals surface area contributed by atoms with Crippen LogP contribution in [0.3, 0.4) is 0 Å². The van der Waals surface area contributed by atoms with E-state index in [1.54, 1.807) is 22.9 Å². The van der Waals surface area contributed by atoms with Gasteiger partial charge in [-0.1, -0.05) is 12.1 Å². The summed E-state index contributed by atoms with van der Waals surface area (Å²) in [7, 11) is 1.63. The van der Waals surface area contributed by atoms with E-state index in [9.17, 15) is 4.79 Å². The normalized spacial score (nSPS) is 10.4.